The molecule has 0 radical (unpaired) electrons. The Labute approximate surface area is 109 Å². The first-order chi connectivity index (χ1) is 8.54. The molecule has 6 nitrogen and oxygen atoms in total. The Morgan fingerprint density at radius 1 is 1.56 bits per heavy atom. The summed E-state index contributed by atoms with van der Waals surface area (Å²) in [6.07, 6.45) is 0.256. The minimum Gasteiger partial charge on any atom is -0.469 e. The van der Waals surface area contributed by atoms with E-state index in [0.717, 1.165) is 5.56 Å². The molecule has 0 aliphatic rings. The lowest BCUT2D eigenvalue weighted by Gasteiger charge is -2.04. The van der Waals surface area contributed by atoms with Gasteiger partial charge in [0.15, 0.2) is 0 Å². The Balaban J connectivity index is 2.50. The summed E-state index contributed by atoms with van der Waals surface area (Å²) in [6, 6.07) is 4.59. The van der Waals surface area contributed by atoms with Crippen molar-refractivity contribution >= 4 is 23.3 Å². The number of ether oxygens (including phenoxy) is 1. The smallest absolute Gasteiger partial charge is 0.306 e. The number of carbonyl (C=O) groups is 1. The van der Waals surface area contributed by atoms with E-state index >= 15 is 0 Å². The van der Waals surface area contributed by atoms with Gasteiger partial charge in [-0.05, 0) is 11.6 Å². The molecular formula is C11H13ClN2O4. The third-order valence-corrected chi connectivity index (χ3v) is 2.59. The molecule has 18 heavy (non-hydrogen) atoms. The van der Waals surface area contributed by atoms with Crippen molar-refractivity contribution in [3.05, 3.63) is 38.9 Å². The predicted octanol–water partition coefficient (Wildman–Crippen LogP) is 1.90. The number of nitro benzene ring substituents is 1. The summed E-state index contributed by atoms with van der Waals surface area (Å²) in [6.45, 7) is 0.873. The number of methoxy groups -OCH3 is 1. The lowest BCUT2D eigenvalue weighted by molar-refractivity contribution is -0.384. The summed E-state index contributed by atoms with van der Waals surface area (Å²) < 4.78 is 4.48. The second-order valence-electron chi connectivity index (χ2n) is 3.55. The molecule has 0 saturated heterocycles. The summed E-state index contributed by atoms with van der Waals surface area (Å²) in [5.41, 5.74) is 0.611. The van der Waals surface area contributed by atoms with Gasteiger partial charge in [-0.2, -0.15) is 0 Å². The highest BCUT2D eigenvalue weighted by Crippen LogP contribution is 2.24. The Hall–Kier alpha value is -1.66. The molecule has 0 amide bonds. The number of esters is 1. The van der Waals surface area contributed by atoms with E-state index in [1.807, 2.05) is 0 Å². The van der Waals surface area contributed by atoms with Crippen molar-refractivity contribution in [3.8, 4) is 0 Å². The lowest BCUT2D eigenvalue weighted by atomic mass is 10.2. The molecule has 0 spiro atoms. The predicted molar refractivity (Wildman–Crippen MR) is 66.4 cm³/mol. The van der Waals surface area contributed by atoms with Crippen LogP contribution in [0.4, 0.5) is 5.69 Å². The van der Waals surface area contributed by atoms with E-state index < -0.39 is 4.92 Å². The highest BCUT2D eigenvalue weighted by Gasteiger charge is 2.12. The van der Waals surface area contributed by atoms with Crippen molar-refractivity contribution in [1.29, 1.82) is 0 Å². The van der Waals surface area contributed by atoms with E-state index in [9.17, 15) is 14.9 Å². The first-order valence-electron chi connectivity index (χ1n) is 5.25. The van der Waals surface area contributed by atoms with Gasteiger partial charge in [-0.25, -0.2) is 0 Å². The van der Waals surface area contributed by atoms with Gasteiger partial charge in [0.05, 0.1) is 18.5 Å². The summed E-state index contributed by atoms with van der Waals surface area (Å²) in [5.74, 6) is -0.301. The minimum absolute atomic E-state index is 0.110. The van der Waals surface area contributed by atoms with Gasteiger partial charge < -0.3 is 10.1 Å². The number of carbonyl (C=O) groups excluding carboxylic acids is 1. The third kappa shape index (κ3) is 4.31. The maximum absolute atomic E-state index is 10.8. The Morgan fingerprint density at radius 2 is 2.28 bits per heavy atom. The molecule has 98 valence electrons. The van der Waals surface area contributed by atoms with Gasteiger partial charge in [0, 0.05) is 19.2 Å². The van der Waals surface area contributed by atoms with Gasteiger partial charge in [0.2, 0.25) is 0 Å². The fraction of sp³-hybridized carbons (Fsp3) is 0.364. The zero-order chi connectivity index (χ0) is 13.5. The molecule has 0 atom stereocenters. The van der Waals surface area contributed by atoms with Gasteiger partial charge in [-0.3, -0.25) is 14.9 Å². The van der Waals surface area contributed by atoms with Crippen LogP contribution in [0.15, 0.2) is 18.2 Å². The van der Waals surface area contributed by atoms with Crippen LogP contribution in [0.3, 0.4) is 0 Å². The monoisotopic (exact) mass is 272 g/mol. The second-order valence-corrected chi connectivity index (χ2v) is 3.95. The molecule has 1 rings (SSSR count). The molecule has 0 aliphatic carbocycles. The second kappa shape index (κ2) is 6.93. The van der Waals surface area contributed by atoms with Crippen molar-refractivity contribution in [3.63, 3.8) is 0 Å². The minimum atomic E-state index is -0.527. The number of benzene rings is 1. The molecule has 1 aromatic rings. The SMILES string of the molecule is COC(=O)CCNCc1ccc(Cl)c([N+](=O)[O-])c1. The summed E-state index contributed by atoms with van der Waals surface area (Å²) in [4.78, 5) is 21.0. The molecule has 7 heteroatoms. The van der Waals surface area contributed by atoms with Gasteiger partial charge in [-0.1, -0.05) is 17.7 Å². The molecule has 0 unspecified atom stereocenters. The summed E-state index contributed by atoms with van der Waals surface area (Å²) >= 11 is 5.69. The number of nitrogens with zero attached hydrogens (tertiary/aromatic N) is 1. The Bertz CT molecular complexity index is 451. The molecule has 0 fully saturated rings. The Kier molecular flexibility index (Phi) is 5.54. The standard InChI is InChI=1S/C11H13ClN2O4/c1-18-11(15)4-5-13-7-8-2-3-9(12)10(6-8)14(16)17/h2-3,6,13H,4-5,7H2,1H3. The fourth-order valence-electron chi connectivity index (χ4n) is 1.33. The van der Waals surface area contributed by atoms with Crippen LogP contribution in [0, 0.1) is 10.1 Å². The first-order valence-corrected chi connectivity index (χ1v) is 5.62. The molecule has 1 aromatic carbocycles. The van der Waals surface area contributed by atoms with Crippen LogP contribution in [-0.2, 0) is 16.1 Å². The molecule has 1 N–H and O–H groups in total. The fourth-order valence-corrected chi connectivity index (χ4v) is 1.52. The molecule has 0 aliphatic heterocycles. The highest BCUT2D eigenvalue weighted by atomic mass is 35.5. The normalized spacial score (nSPS) is 10.1. The topological polar surface area (TPSA) is 81.5 Å². The third-order valence-electron chi connectivity index (χ3n) is 2.27. The molecular weight excluding hydrogens is 260 g/mol. The summed E-state index contributed by atoms with van der Waals surface area (Å²) in [5, 5.41) is 13.8. The van der Waals surface area contributed by atoms with E-state index in [0.29, 0.717) is 13.1 Å². The van der Waals surface area contributed by atoms with E-state index in [4.69, 9.17) is 11.6 Å². The number of nitro groups is 1. The summed E-state index contributed by atoms with van der Waals surface area (Å²) in [7, 11) is 1.32. The van der Waals surface area contributed by atoms with Crippen molar-refractivity contribution in [2.45, 2.75) is 13.0 Å². The van der Waals surface area contributed by atoms with E-state index in [1.165, 1.54) is 19.2 Å². The van der Waals surface area contributed by atoms with Crippen molar-refractivity contribution in [1.82, 2.24) is 5.32 Å². The molecule has 0 aromatic heterocycles. The van der Waals surface area contributed by atoms with E-state index in [-0.39, 0.29) is 23.1 Å². The van der Waals surface area contributed by atoms with Crippen molar-refractivity contribution < 1.29 is 14.5 Å². The Morgan fingerprint density at radius 3 is 2.89 bits per heavy atom. The van der Waals surface area contributed by atoms with Crippen molar-refractivity contribution in [2.24, 2.45) is 0 Å². The number of nitrogens with one attached hydrogen (secondary N) is 1. The number of rotatable bonds is 6. The molecule has 0 saturated carbocycles. The average molecular weight is 273 g/mol. The molecule has 0 bridgehead atoms. The zero-order valence-electron chi connectivity index (χ0n) is 9.81. The zero-order valence-corrected chi connectivity index (χ0v) is 10.6. The quantitative estimate of drug-likeness (QED) is 0.370. The van der Waals surface area contributed by atoms with Crippen LogP contribution >= 0.6 is 11.6 Å². The van der Waals surface area contributed by atoms with Crippen LogP contribution in [-0.4, -0.2) is 24.5 Å². The van der Waals surface area contributed by atoms with Crippen LogP contribution < -0.4 is 5.32 Å². The van der Waals surface area contributed by atoms with Crippen LogP contribution in [0.2, 0.25) is 5.02 Å². The van der Waals surface area contributed by atoms with Crippen LogP contribution in [0.25, 0.3) is 0 Å². The molecule has 0 heterocycles. The van der Waals surface area contributed by atoms with E-state index in [1.54, 1.807) is 6.07 Å². The number of hydrogen-bond acceptors (Lipinski definition) is 5. The maximum atomic E-state index is 10.8. The first kappa shape index (κ1) is 14.4. The lowest BCUT2D eigenvalue weighted by Crippen LogP contribution is -2.18. The van der Waals surface area contributed by atoms with E-state index in [2.05, 4.69) is 10.1 Å². The maximum Gasteiger partial charge on any atom is 0.306 e. The van der Waals surface area contributed by atoms with Gasteiger partial charge in [-0.15, -0.1) is 0 Å². The number of hydrogen-bond donors (Lipinski definition) is 1. The largest absolute Gasteiger partial charge is 0.469 e. The van der Waals surface area contributed by atoms with Gasteiger partial charge in [0.25, 0.3) is 5.69 Å². The number of halogens is 1. The van der Waals surface area contributed by atoms with Crippen molar-refractivity contribution in [2.75, 3.05) is 13.7 Å². The van der Waals surface area contributed by atoms with Gasteiger partial charge >= 0.3 is 5.97 Å². The van der Waals surface area contributed by atoms with Crippen LogP contribution in [0.1, 0.15) is 12.0 Å². The average Bonchev–Trinajstić information content (AvgIpc) is 2.35. The highest BCUT2D eigenvalue weighted by molar-refractivity contribution is 6.32. The van der Waals surface area contributed by atoms with Crippen LogP contribution in [0.5, 0.6) is 0 Å². The van der Waals surface area contributed by atoms with Gasteiger partial charge in [0.1, 0.15) is 5.02 Å².